The van der Waals surface area contributed by atoms with Gasteiger partial charge in [-0.05, 0) is 6.07 Å². The normalized spacial score (nSPS) is 11.1. The largest absolute Gasteiger partial charge is 0.434 e. The number of aromatic nitrogens is 3. The Hall–Kier alpha value is -1.55. The van der Waals surface area contributed by atoms with E-state index < -0.39 is 23.3 Å². The predicted octanol–water partition coefficient (Wildman–Crippen LogP) is 2.70. The van der Waals surface area contributed by atoms with E-state index in [0.717, 1.165) is 12.4 Å². The highest BCUT2D eigenvalue weighted by Gasteiger charge is 2.41. The molecular weight excluding hydrogens is 394 g/mol. The van der Waals surface area contributed by atoms with Crippen LogP contribution in [0, 0.1) is 0 Å². The fourth-order valence-electron chi connectivity index (χ4n) is 1.79. The zero-order valence-corrected chi connectivity index (χ0v) is 14.1. The minimum Gasteiger partial charge on any atom is -0.351 e. The third-order valence-corrected chi connectivity index (χ3v) is 3.19. The Balaban J connectivity index is 0.00000288. The summed E-state index contributed by atoms with van der Waals surface area (Å²) >= 11 is 11.5. The molecule has 0 spiro atoms. The summed E-state index contributed by atoms with van der Waals surface area (Å²) in [4.78, 5) is 15.6. The summed E-state index contributed by atoms with van der Waals surface area (Å²) in [5.74, 6) is -1.24. The summed E-state index contributed by atoms with van der Waals surface area (Å²) in [6.07, 6.45) is -2.93. The van der Waals surface area contributed by atoms with Crippen LogP contribution in [0.2, 0.25) is 10.0 Å². The van der Waals surface area contributed by atoms with Crippen LogP contribution in [-0.2, 0) is 6.18 Å². The molecule has 0 atom stereocenters. The Morgan fingerprint density at radius 3 is 2.54 bits per heavy atom. The van der Waals surface area contributed by atoms with Crippen LogP contribution in [0.5, 0.6) is 0 Å². The van der Waals surface area contributed by atoms with Crippen molar-refractivity contribution in [3.63, 3.8) is 0 Å². The Morgan fingerprint density at radius 1 is 1.33 bits per heavy atom. The van der Waals surface area contributed by atoms with E-state index in [0.29, 0.717) is 4.68 Å². The molecule has 3 N–H and O–H groups in total. The van der Waals surface area contributed by atoms with Crippen molar-refractivity contribution in [3.05, 3.63) is 39.8 Å². The Kier molecular flexibility index (Phi) is 6.85. The number of halogens is 6. The molecule has 0 aromatic carbocycles. The topological polar surface area (TPSA) is 85.8 Å². The van der Waals surface area contributed by atoms with E-state index in [-0.39, 0.29) is 41.4 Å². The number of nitrogens with zero attached hydrogens (tertiary/aromatic N) is 3. The van der Waals surface area contributed by atoms with E-state index in [1.54, 1.807) is 0 Å². The van der Waals surface area contributed by atoms with E-state index in [2.05, 4.69) is 15.4 Å². The fraction of sp³-hybridized carbons (Fsp3) is 0.250. The lowest BCUT2D eigenvalue weighted by atomic mass is 10.2. The molecule has 12 heteroatoms. The smallest absolute Gasteiger partial charge is 0.351 e. The van der Waals surface area contributed by atoms with Crippen LogP contribution >= 0.6 is 35.6 Å². The second-order valence-corrected chi connectivity index (χ2v) is 5.16. The number of hydrogen-bond donors (Lipinski definition) is 2. The molecule has 0 unspecified atom stereocenters. The summed E-state index contributed by atoms with van der Waals surface area (Å²) in [6.45, 7) is 0.118. The lowest BCUT2D eigenvalue weighted by Crippen LogP contribution is -2.30. The molecule has 24 heavy (non-hydrogen) atoms. The molecule has 1 amide bonds. The Morgan fingerprint density at radius 2 is 2.00 bits per heavy atom. The van der Waals surface area contributed by atoms with Gasteiger partial charge in [-0.2, -0.15) is 18.3 Å². The van der Waals surface area contributed by atoms with Crippen LogP contribution in [0.1, 0.15) is 16.1 Å². The van der Waals surface area contributed by atoms with E-state index in [1.807, 2.05) is 0 Å². The van der Waals surface area contributed by atoms with Crippen molar-refractivity contribution >= 4 is 41.5 Å². The lowest BCUT2D eigenvalue weighted by molar-refractivity contribution is -0.143. The number of rotatable bonds is 4. The molecule has 0 aliphatic rings. The molecule has 2 heterocycles. The summed E-state index contributed by atoms with van der Waals surface area (Å²) in [7, 11) is 0. The number of nitrogens with two attached hydrogens (primary N) is 1. The van der Waals surface area contributed by atoms with Gasteiger partial charge < -0.3 is 11.1 Å². The highest BCUT2D eigenvalue weighted by Crippen LogP contribution is 2.34. The molecule has 132 valence electrons. The van der Waals surface area contributed by atoms with Crippen LogP contribution in [0.4, 0.5) is 13.2 Å². The first-order valence-electron chi connectivity index (χ1n) is 6.20. The molecule has 0 radical (unpaired) electrons. The van der Waals surface area contributed by atoms with Crippen molar-refractivity contribution in [2.24, 2.45) is 5.73 Å². The highest BCUT2D eigenvalue weighted by atomic mass is 35.5. The number of carbonyl (C=O) groups is 1. The van der Waals surface area contributed by atoms with Crippen molar-refractivity contribution in [2.75, 3.05) is 13.1 Å². The van der Waals surface area contributed by atoms with Crippen molar-refractivity contribution in [1.29, 1.82) is 0 Å². The maximum atomic E-state index is 13.4. The second-order valence-electron chi connectivity index (χ2n) is 4.32. The van der Waals surface area contributed by atoms with Crippen LogP contribution in [0.3, 0.4) is 0 Å². The third-order valence-electron chi connectivity index (χ3n) is 2.70. The number of carbonyl (C=O) groups excluding carboxylic acids is 1. The standard InChI is InChI=1S/C12H10Cl2F3N5O.ClH/c13-6-3-8(14)10(20-4-6)22-9(12(15,16)17)7(5-21-22)11(23)19-2-1-18;/h3-5H,1-2,18H2,(H,19,23);1H. The van der Waals surface area contributed by atoms with E-state index in [4.69, 9.17) is 28.9 Å². The van der Waals surface area contributed by atoms with Gasteiger partial charge in [0.05, 0.1) is 21.8 Å². The van der Waals surface area contributed by atoms with E-state index in [9.17, 15) is 18.0 Å². The highest BCUT2D eigenvalue weighted by molar-refractivity contribution is 6.35. The molecule has 2 aromatic rings. The molecule has 0 saturated heterocycles. The Labute approximate surface area is 150 Å². The van der Waals surface area contributed by atoms with Gasteiger partial charge in [-0.1, -0.05) is 23.2 Å². The van der Waals surface area contributed by atoms with Gasteiger partial charge in [0.25, 0.3) is 5.91 Å². The molecule has 0 saturated carbocycles. The second kappa shape index (κ2) is 8.02. The molecule has 0 bridgehead atoms. The number of hydrogen-bond acceptors (Lipinski definition) is 4. The van der Waals surface area contributed by atoms with Crippen molar-refractivity contribution in [1.82, 2.24) is 20.1 Å². The monoisotopic (exact) mass is 403 g/mol. The third kappa shape index (κ3) is 4.29. The summed E-state index contributed by atoms with van der Waals surface area (Å²) < 4.78 is 40.5. The van der Waals surface area contributed by atoms with Gasteiger partial charge in [0, 0.05) is 19.3 Å². The molecule has 0 fully saturated rings. The average Bonchev–Trinajstić information content (AvgIpc) is 2.89. The molecule has 2 aromatic heterocycles. The van der Waals surface area contributed by atoms with Crippen LogP contribution < -0.4 is 11.1 Å². The van der Waals surface area contributed by atoms with Crippen LogP contribution in [0.25, 0.3) is 5.82 Å². The van der Waals surface area contributed by atoms with Gasteiger partial charge in [0.1, 0.15) is 0 Å². The molecular formula is C12H11Cl3F3N5O. The van der Waals surface area contributed by atoms with Crippen LogP contribution in [0.15, 0.2) is 18.5 Å². The fourth-order valence-corrected chi connectivity index (χ4v) is 2.25. The number of alkyl halides is 3. The first-order valence-corrected chi connectivity index (χ1v) is 6.96. The van der Waals surface area contributed by atoms with Gasteiger partial charge in [0.2, 0.25) is 0 Å². The molecule has 0 aliphatic heterocycles. The van der Waals surface area contributed by atoms with Gasteiger partial charge in [-0.15, -0.1) is 12.4 Å². The predicted molar refractivity (Wildman–Crippen MR) is 85.0 cm³/mol. The first-order chi connectivity index (χ1) is 10.8. The maximum absolute atomic E-state index is 13.4. The zero-order chi connectivity index (χ0) is 17.2. The summed E-state index contributed by atoms with van der Waals surface area (Å²) in [6, 6.07) is 1.22. The summed E-state index contributed by atoms with van der Waals surface area (Å²) in [5.41, 5.74) is 3.27. The van der Waals surface area contributed by atoms with Gasteiger partial charge in [-0.25, -0.2) is 9.67 Å². The van der Waals surface area contributed by atoms with E-state index >= 15 is 0 Å². The van der Waals surface area contributed by atoms with Crippen molar-refractivity contribution < 1.29 is 18.0 Å². The molecule has 0 aliphatic carbocycles. The van der Waals surface area contributed by atoms with Gasteiger partial charge >= 0.3 is 6.18 Å². The van der Waals surface area contributed by atoms with Gasteiger partial charge in [-0.3, -0.25) is 4.79 Å². The minimum atomic E-state index is -4.85. The first kappa shape index (κ1) is 20.5. The van der Waals surface area contributed by atoms with Crippen molar-refractivity contribution in [3.8, 4) is 5.82 Å². The number of pyridine rings is 1. The van der Waals surface area contributed by atoms with Crippen molar-refractivity contribution in [2.45, 2.75) is 6.18 Å². The number of amides is 1. The van der Waals surface area contributed by atoms with E-state index in [1.165, 1.54) is 6.07 Å². The lowest BCUT2D eigenvalue weighted by Gasteiger charge is -2.13. The molecule has 6 nitrogen and oxygen atoms in total. The molecule has 2 rings (SSSR count). The van der Waals surface area contributed by atoms with Gasteiger partial charge in [0.15, 0.2) is 11.5 Å². The SMILES string of the molecule is Cl.NCCNC(=O)c1cnn(-c2ncc(Cl)cc2Cl)c1C(F)(F)F. The maximum Gasteiger partial charge on any atom is 0.434 e. The number of nitrogens with one attached hydrogen (secondary N) is 1. The quantitative estimate of drug-likeness (QED) is 0.820. The average molecular weight is 405 g/mol. The summed E-state index contributed by atoms with van der Waals surface area (Å²) in [5, 5.41) is 5.86. The zero-order valence-electron chi connectivity index (χ0n) is 11.8. The van der Waals surface area contributed by atoms with Crippen LogP contribution in [-0.4, -0.2) is 33.8 Å². The minimum absolute atomic E-state index is 0. The Bertz CT molecular complexity index is 735.